The van der Waals surface area contributed by atoms with Gasteiger partial charge in [-0.05, 0) is 55.0 Å². The number of nitrogens with zero attached hydrogens (tertiary/aromatic N) is 1. The first-order valence-electron chi connectivity index (χ1n) is 8.39. The van der Waals surface area contributed by atoms with Crippen molar-refractivity contribution < 1.29 is 4.79 Å². The zero-order valence-electron chi connectivity index (χ0n) is 13.9. The van der Waals surface area contributed by atoms with Crippen LogP contribution in [-0.4, -0.2) is 30.9 Å². The summed E-state index contributed by atoms with van der Waals surface area (Å²) in [6, 6.07) is 4.59. The molecular weight excluding hydrogens is 272 g/mol. The number of carbonyl (C=O) groups is 1. The quantitative estimate of drug-likeness (QED) is 0.900. The molecule has 0 aliphatic carbocycles. The van der Waals surface area contributed by atoms with Gasteiger partial charge in [-0.3, -0.25) is 4.79 Å². The molecule has 0 unspecified atom stereocenters. The van der Waals surface area contributed by atoms with E-state index in [9.17, 15) is 4.79 Å². The summed E-state index contributed by atoms with van der Waals surface area (Å²) in [4.78, 5) is 14.3. The summed E-state index contributed by atoms with van der Waals surface area (Å²) in [5.74, 6) is 0.667. The van der Waals surface area contributed by atoms with E-state index in [1.54, 1.807) is 0 Å². The lowest BCUT2D eigenvalue weighted by Crippen LogP contribution is -2.24. The Balaban J connectivity index is 2.10. The van der Waals surface area contributed by atoms with Crippen LogP contribution in [0, 0.1) is 0 Å². The van der Waals surface area contributed by atoms with Crippen LogP contribution in [0.4, 0.5) is 5.69 Å². The van der Waals surface area contributed by atoms with Gasteiger partial charge in [0.2, 0.25) is 5.91 Å². The highest BCUT2D eigenvalue weighted by Gasteiger charge is 2.21. The van der Waals surface area contributed by atoms with Gasteiger partial charge in [0.15, 0.2) is 0 Å². The number of fused-ring (bicyclic) bond motifs is 1. The Kier molecular flexibility index (Phi) is 4.34. The molecule has 1 N–H and O–H groups in total. The first-order chi connectivity index (χ1) is 10.5. The molecule has 22 heavy (non-hydrogen) atoms. The molecule has 0 fully saturated rings. The Morgan fingerprint density at radius 1 is 1.18 bits per heavy atom. The minimum Gasteiger partial charge on any atom is -0.325 e. The number of nitrogens with one attached hydrogen (secondary N) is 1. The van der Waals surface area contributed by atoms with Crippen LogP contribution in [0.15, 0.2) is 18.2 Å². The topological polar surface area (TPSA) is 32.3 Å². The van der Waals surface area contributed by atoms with Gasteiger partial charge in [-0.2, -0.15) is 0 Å². The van der Waals surface area contributed by atoms with Gasteiger partial charge in [0, 0.05) is 25.1 Å². The monoisotopic (exact) mass is 298 g/mol. The predicted molar refractivity (Wildman–Crippen MR) is 92.2 cm³/mol. The van der Waals surface area contributed by atoms with Crippen molar-refractivity contribution in [3.05, 3.63) is 34.9 Å². The Morgan fingerprint density at radius 2 is 2.00 bits per heavy atom. The number of hydrogen-bond acceptors (Lipinski definition) is 2. The fourth-order valence-corrected chi connectivity index (χ4v) is 3.31. The van der Waals surface area contributed by atoms with E-state index < -0.39 is 0 Å². The fraction of sp³-hybridized carbons (Fsp3) is 0.526. The lowest BCUT2D eigenvalue weighted by atomic mass is 9.89. The number of amides is 1. The molecule has 2 heterocycles. The van der Waals surface area contributed by atoms with Crippen molar-refractivity contribution in [2.75, 3.05) is 25.5 Å². The standard InChI is InChI=1S/C19H26N2O/c1-13(2)16-11-15-5-4-6-18(22)20-19(15)17(12-16)14-7-9-21(3)10-8-14/h7,11-13H,4-6,8-10H2,1-3H3,(H,20,22). The molecule has 3 rings (SSSR count). The lowest BCUT2D eigenvalue weighted by molar-refractivity contribution is -0.116. The average Bonchev–Trinajstić information content (AvgIpc) is 2.67. The number of hydrogen-bond donors (Lipinski definition) is 1. The summed E-state index contributed by atoms with van der Waals surface area (Å²) < 4.78 is 0. The Morgan fingerprint density at radius 3 is 2.68 bits per heavy atom. The van der Waals surface area contributed by atoms with Crippen LogP contribution in [0.5, 0.6) is 0 Å². The minimum atomic E-state index is 0.158. The van der Waals surface area contributed by atoms with Crippen molar-refractivity contribution >= 4 is 17.2 Å². The molecule has 3 nitrogen and oxygen atoms in total. The number of carbonyl (C=O) groups excluding carboxylic acids is 1. The van der Waals surface area contributed by atoms with E-state index in [1.165, 1.54) is 22.3 Å². The van der Waals surface area contributed by atoms with E-state index >= 15 is 0 Å². The molecule has 0 spiro atoms. The molecule has 0 saturated carbocycles. The minimum absolute atomic E-state index is 0.158. The largest absolute Gasteiger partial charge is 0.325 e. The van der Waals surface area contributed by atoms with Crippen molar-refractivity contribution in [2.45, 2.75) is 45.4 Å². The summed E-state index contributed by atoms with van der Waals surface area (Å²) >= 11 is 0. The summed E-state index contributed by atoms with van der Waals surface area (Å²) in [5, 5.41) is 3.17. The van der Waals surface area contributed by atoms with E-state index in [1.807, 2.05) is 0 Å². The van der Waals surface area contributed by atoms with Crippen molar-refractivity contribution in [3.63, 3.8) is 0 Å². The van der Waals surface area contributed by atoms with Gasteiger partial charge in [0.05, 0.1) is 5.69 Å². The van der Waals surface area contributed by atoms with Gasteiger partial charge < -0.3 is 10.2 Å². The SMILES string of the molecule is CC(C)c1cc2c(c(C3=CCN(C)CC3)c1)NC(=O)CCC2. The third kappa shape index (κ3) is 3.09. The fourth-order valence-electron chi connectivity index (χ4n) is 3.31. The van der Waals surface area contributed by atoms with Gasteiger partial charge in [-0.25, -0.2) is 0 Å². The average molecular weight is 298 g/mol. The molecule has 3 heteroatoms. The molecule has 1 amide bonds. The van der Waals surface area contributed by atoms with Crippen LogP contribution in [0.25, 0.3) is 5.57 Å². The number of likely N-dealkylation sites (N-methyl/N-ethyl adjacent to an activating group) is 1. The zero-order valence-corrected chi connectivity index (χ0v) is 13.9. The van der Waals surface area contributed by atoms with Crippen LogP contribution in [0.2, 0.25) is 0 Å². The third-order valence-corrected chi connectivity index (χ3v) is 4.78. The second-order valence-corrected chi connectivity index (χ2v) is 6.90. The molecule has 2 aliphatic heterocycles. The van der Waals surface area contributed by atoms with E-state index in [0.29, 0.717) is 12.3 Å². The van der Waals surface area contributed by atoms with Crippen molar-refractivity contribution in [1.29, 1.82) is 0 Å². The Hall–Kier alpha value is -1.61. The van der Waals surface area contributed by atoms with Gasteiger partial charge >= 0.3 is 0 Å². The highest BCUT2D eigenvalue weighted by molar-refractivity contribution is 5.96. The zero-order chi connectivity index (χ0) is 15.7. The predicted octanol–water partition coefficient (Wildman–Crippen LogP) is 3.80. The van der Waals surface area contributed by atoms with Crippen LogP contribution in [0.1, 0.15) is 55.7 Å². The first-order valence-corrected chi connectivity index (χ1v) is 8.39. The van der Waals surface area contributed by atoms with E-state index in [-0.39, 0.29) is 5.91 Å². The Bertz CT molecular complexity index is 616. The second-order valence-electron chi connectivity index (χ2n) is 6.90. The molecule has 0 radical (unpaired) electrons. The van der Waals surface area contributed by atoms with Crippen LogP contribution >= 0.6 is 0 Å². The number of rotatable bonds is 2. The molecule has 1 aromatic carbocycles. The number of aryl methyl sites for hydroxylation is 1. The summed E-state index contributed by atoms with van der Waals surface area (Å²) in [6.07, 6.45) is 5.95. The molecule has 118 valence electrons. The van der Waals surface area contributed by atoms with Crippen LogP contribution in [0.3, 0.4) is 0 Å². The molecule has 0 aromatic heterocycles. The highest BCUT2D eigenvalue weighted by Crippen LogP contribution is 2.36. The molecule has 0 bridgehead atoms. The normalized spacial score (nSPS) is 19.5. The second kappa shape index (κ2) is 6.25. The maximum Gasteiger partial charge on any atom is 0.224 e. The molecule has 0 saturated heterocycles. The highest BCUT2D eigenvalue weighted by atomic mass is 16.1. The number of anilines is 1. The third-order valence-electron chi connectivity index (χ3n) is 4.78. The van der Waals surface area contributed by atoms with E-state index in [2.05, 4.69) is 49.3 Å². The van der Waals surface area contributed by atoms with E-state index in [4.69, 9.17) is 0 Å². The molecule has 1 aromatic rings. The maximum atomic E-state index is 12.0. The van der Waals surface area contributed by atoms with Crippen molar-refractivity contribution in [3.8, 4) is 0 Å². The van der Waals surface area contributed by atoms with Gasteiger partial charge in [-0.1, -0.05) is 26.0 Å². The van der Waals surface area contributed by atoms with Gasteiger partial charge in [-0.15, -0.1) is 0 Å². The Labute approximate surface area is 133 Å². The molecule has 2 aliphatic rings. The maximum absolute atomic E-state index is 12.0. The van der Waals surface area contributed by atoms with Crippen LogP contribution in [-0.2, 0) is 11.2 Å². The lowest BCUT2D eigenvalue weighted by Gasteiger charge is -2.25. The smallest absolute Gasteiger partial charge is 0.224 e. The number of benzene rings is 1. The summed E-state index contributed by atoms with van der Waals surface area (Å²) in [7, 11) is 2.15. The first kappa shape index (κ1) is 15.3. The summed E-state index contributed by atoms with van der Waals surface area (Å²) in [5.41, 5.74) is 6.41. The van der Waals surface area contributed by atoms with Crippen LogP contribution < -0.4 is 5.32 Å². The molecular formula is C19H26N2O. The van der Waals surface area contributed by atoms with E-state index in [0.717, 1.165) is 38.0 Å². The van der Waals surface area contributed by atoms with Crippen molar-refractivity contribution in [1.82, 2.24) is 4.90 Å². The summed E-state index contributed by atoms with van der Waals surface area (Å²) in [6.45, 7) is 6.55. The van der Waals surface area contributed by atoms with Crippen molar-refractivity contribution in [2.24, 2.45) is 0 Å². The van der Waals surface area contributed by atoms with Gasteiger partial charge in [0.25, 0.3) is 0 Å². The van der Waals surface area contributed by atoms with Gasteiger partial charge in [0.1, 0.15) is 0 Å². The molecule has 0 atom stereocenters.